The van der Waals surface area contributed by atoms with Crippen molar-refractivity contribution in [3.05, 3.63) is 65.5 Å². The van der Waals surface area contributed by atoms with E-state index in [4.69, 9.17) is 0 Å². The molecule has 5 nitrogen and oxygen atoms in total. The summed E-state index contributed by atoms with van der Waals surface area (Å²) in [4.78, 5) is 17.1. The summed E-state index contributed by atoms with van der Waals surface area (Å²) in [6.45, 7) is 2.26. The number of aromatic nitrogens is 2. The standard InChI is InChI=1S/C26H26N4O/c1-19(20-8-10-22(11-9-20)26(17-28)12-3-2-4-13-26)14-23(31)16-30-18-29-24-7-5-6-21(15-27)25(24)30/h5-11,18-19H,2-4,12-14,16H2,1H3. The van der Waals surface area contributed by atoms with Gasteiger partial charge in [-0.1, -0.05) is 56.5 Å². The third kappa shape index (κ3) is 4.09. The molecular formula is C26H26N4O. The van der Waals surface area contributed by atoms with Crippen LogP contribution in [0.2, 0.25) is 0 Å². The van der Waals surface area contributed by atoms with E-state index >= 15 is 0 Å². The number of carbonyl (C=O) groups is 1. The molecule has 2 aromatic carbocycles. The van der Waals surface area contributed by atoms with E-state index in [0.717, 1.165) is 42.3 Å². The Kier molecular flexibility index (Phi) is 5.87. The Bertz CT molecular complexity index is 1170. The highest BCUT2D eigenvalue weighted by Gasteiger charge is 2.33. The van der Waals surface area contributed by atoms with Crippen molar-refractivity contribution in [2.24, 2.45) is 0 Å². The lowest BCUT2D eigenvalue weighted by Crippen LogP contribution is -2.27. The van der Waals surface area contributed by atoms with Gasteiger partial charge < -0.3 is 4.57 Å². The first kappa shape index (κ1) is 20.8. The van der Waals surface area contributed by atoms with Crippen LogP contribution in [0.5, 0.6) is 0 Å². The van der Waals surface area contributed by atoms with Gasteiger partial charge in [0.15, 0.2) is 5.78 Å². The number of nitriles is 2. The minimum atomic E-state index is -0.350. The number of para-hydroxylation sites is 1. The second kappa shape index (κ2) is 8.74. The minimum absolute atomic E-state index is 0.0798. The van der Waals surface area contributed by atoms with Crippen LogP contribution < -0.4 is 0 Å². The molecule has 1 fully saturated rings. The van der Waals surface area contributed by atoms with E-state index in [-0.39, 0.29) is 23.7 Å². The molecule has 1 heterocycles. The van der Waals surface area contributed by atoms with Gasteiger partial charge in [-0.2, -0.15) is 10.5 Å². The minimum Gasteiger partial charge on any atom is -0.322 e. The van der Waals surface area contributed by atoms with Crippen molar-refractivity contribution in [3.63, 3.8) is 0 Å². The molecule has 31 heavy (non-hydrogen) atoms. The summed E-state index contributed by atoms with van der Waals surface area (Å²) in [5, 5.41) is 19.2. The maximum Gasteiger partial charge on any atom is 0.153 e. The third-order valence-corrected chi connectivity index (χ3v) is 6.59. The molecule has 0 saturated heterocycles. The van der Waals surface area contributed by atoms with E-state index in [2.05, 4.69) is 48.3 Å². The average molecular weight is 411 g/mol. The number of ketones is 1. The Labute approximate surface area is 182 Å². The highest BCUT2D eigenvalue weighted by atomic mass is 16.1. The van der Waals surface area contributed by atoms with Crippen LogP contribution in [0.15, 0.2) is 48.8 Å². The second-order valence-corrected chi connectivity index (χ2v) is 8.68. The summed E-state index contributed by atoms with van der Waals surface area (Å²) in [7, 11) is 0. The average Bonchev–Trinajstić information content (AvgIpc) is 3.22. The molecule has 1 saturated carbocycles. The fourth-order valence-corrected chi connectivity index (χ4v) is 4.80. The number of hydrogen-bond donors (Lipinski definition) is 0. The Morgan fingerprint density at radius 1 is 1.13 bits per heavy atom. The van der Waals surface area contributed by atoms with Gasteiger partial charge in [-0.25, -0.2) is 4.98 Å². The molecule has 1 aromatic heterocycles. The van der Waals surface area contributed by atoms with Gasteiger partial charge in [0.2, 0.25) is 0 Å². The first-order chi connectivity index (χ1) is 15.1. The lowest BCUT2D eigenvalue weighted by atomic mass is 9.70. The maximum absolute atomic E-state index is 12.8. The number of carbonyl (C=O) groups excluding carboxylic acids is 1. The monoisotopic (exact) mass is 410 g/mol. The molecular weight excluding hydrogens is 384 g/mol. The number of imidazole rings is 1. The predicted molar refractivity (Wildman–Crippen MR) is 119 cm³/mol. The lowest BCUT2D eigenvalue weighted by molar-refractivity contribution is -0.119. The van der Waals surface area contributed by atoms with Gasteiger partial charge in [-0.15, -0.1) is 0 Å². The van der Waals surface area contributed by atoms with Gasteiger partial charge in [0.05, 0.1) is 41.0 Å². The summed E-state index contributed by atoms with van der Waals surface area (Å²) >= 11 is 0. The quantitative estimate of drug-likeness (QED) is 0.545. The van der Waals surface area contributed by atoms with Gasteiger partial charge in [-0.3, -0.25) is 4.79 Å². The Morgan fingerprint density at radius 3 is 2.55 bits per heavy atom. The molecule has 3 aromatic rings. The molecule has 0 bridgehead atoms. The van der Waals surface area contributed by atoms with Gasteiger partial charge in [-0.05, 0) is 42.0 Å². The summed E-state index contributed by atoms with van der Waals surface area (Å²) in [5.41, 5.74) is 3.83. The van der Waals surface area contributed by atoms with Crippen molar-refractivity contribution < 1.29 is 4.79 Å². The number of nitrogens with zero attached hydrogens (tertiary/aromatic N) is 4. The predicted octanol–water partition coefficient (Wildman–Crippen LogP) is 5.40. The molecule has 0 spiro atoms. The molecule has 1 atom stereocenters. The first-order valence-electron chi connectivity index (χ1n) is 10.9. The fourth-order valence-electron chi connectivity index (χ4n) is 4.80. The van der Waals surface area contributed by atoms with Crippen LogP contribution in [0.1, 0.15) is 68.1 Å². The van der Waals surface area contributed by atoms with Crippen molar-refractivity contribution in [2.45, 2.75) is 63.3 Å². The lowest BCUT2D eigenvalue weighted by Gasteiger charge is -2.31. The number of fused-ring (bicyclic) bond motifs is 1. The van der Waals surface area contributed by atoms with E-state index < -0.39 is 0 Å². The van der Waals surface area contributed by atoms with Crippen LogP contribution >= 0.6 is 0 Å². The molecule has 0 radical (unpaired) electrons. The van der Waals surface area contributed by atoms with E-state index in [1.165, 1.54) is 6.42 Å². The zero-order valence-electron chi connectivity index (χ0n) is 17.8. The highest BCUT2D eigenvalue weighted by Crippen LogP contribution is 2.39. The summed E-state index contributed by atoms with van der Waals surface area (Å²) in [6.07, 6.45) is 7.34. The Hall–Kier alpha value is -3.44. The topological polar surface area (TPSA) is 82.5 Å². The van der Waals surface area contributed by atoms with Crippen LogP contribution in [0.4, 0.5) is 0 Å². The normalized spacial score (nSPS) is 16.4. The number of hydrogen-bond acceptors (Lipinski definition) is 4. The molecule has 0 aliphatic heterocycles. The zero-order chi connectivity index (χ0) is 21.8. The van der Waals surface area contributed by atoms with Crippen LogP contribution in [0, 0.1) is 22.7 Å². The highest BCUT2D eigenvalue weighted by molar-refractivity contribution is 5.85. The van der Waals surface area contributed by atoms with Gasteiger partial charge in [0.25, 0.3) is 0 Å². The maximum atomic E-state index is 12.8. The van der Waals surface area contributed by atoms with Crippen molar-refractivity contribution >= 4 is 16.8 Å². The van der Waals surface area contributed by atoms with E-state index in [1.54, 1.807) is 23.0 Å². The van der Waals surface area contributed by atoms with E-state index in [9.17, 15) is 15.3 Å². The Balaban J connectivity index is 1.45. The Morgan fingerprint density at radius 2 is 1.87 bits per heavy atom. The molecule has 1 aliphatic carbocycles. The van der Waals surface area contributed by atoms with Crippen LogP contribution in [0.3, 0.4) is 0 Å². The number of rotatable bonds is 6. The largest absolute Gasteiger partial charge is 0.322 e. The molecule has 5 heteroatoms. The SMILES string of the molecule is CC(CC(=O)Cn1cnc2cccc(C#N)c21)c1ccc(C2(C#N)CCCCC2)cc1. The summed E-state index contributed by atoms with van der Waals surface area (Å²) < 4.78 is 1.77. The summed E-state index contributed by atoms with van der Waals surface area (Å²) in [5.74, 6) is 0.181. The molecule has 1 aliphatic rings. The fraction of sp³-hybridized carbons (Fsp3) is 0.385. The van der Waals surface area contributed by atoms with Crippen LogP contribution in [-0.4, -0.2) is 15.3 Å². The smallest absolute Gasteiger partial charge is 0.153 e. The van der Waals surface area contributed by atoms with Gasteiger partial charge in [0, 0.05) is 6.42 Å². The van der Waals surface area contributed by atoms with Gasteiger partial charge in [0.1, 0.15) is 6.07 Å². The zero-order valence-corrected chi connectivity index (χ0v) is 17.8. The van der Waals surface area contributed by atoms with Crippen molar-refractivity contribution in [1.29, 1.82) is 10.5 Å². The van der Waals surface area contributed by atoms with E-state index in [1.807, 2.05) is 6.07 Å². The summed E-state index contributed by atoms with van der Waals surface area (Å²) in [6, 6.07) is 18.4. The number of Topliss-reactive ketones (excluding diaryl/α,β-unsaturated/α-hetero) is 1. The molecule has 0 N–H and O–H groups in total. The molecule has 0 amide bonds. The first-order valence-corrected chi connectivity index (χ1v) is 10.9. The van der Waals surface area contributed by atoms with Crippen molar-refractivity contribution in [1.82, 2.24) is 9.55 Å². The van der Waals surface area contributed by atoms with Crippen LogP contribution in [-0.2, 0) is 16.8 Å². The van der Waals surface area contributed by atoms with Gasteiger partial charge >= 0.3 is 0 Å². The molecule has 4 rings (SSSR count). The third-order valence-electron chi connectivity index (χ3n) is 6.59. The molecule has 1 unspecified atom stereocenters. The molecule has 156 valence electrons. The van der Waals surface area contributed by atoms with E-state index in [0.29, 0.717) is 17.5 Å². The van der Waals surface area contributed by atoms with Crippen molar-refractivity contribution in [2.75, 3.05) is 0 Å². The van der Waals surface area contributed by atoms with Crippen molar-refractivity contribution in [3.8, 4) is 12.1 Å². The second-order valence-electron chi connectivity index (χ2n) is 8.68. The number of benzene rings is 2. The van der Waals surface area contributed by atoms with Crippen LogP contribution in [0.25, 0.3) is 11.0 Å².